The van der Waals surface area contributed by atoms with Crippen molar-refractivity contribution in [3.05, 3.63) is 89.5 Å². The number of esters is 1. The van der Waals surface area contributed by atoms with Gasteiger partial charge in [0, 0.05) is 6.26 Å². The van der Waals surface area contributed by atoms with E-state index in [0.29, 0.717) is 5.56 Å². The minimum Gasteiger partial charge on any atom is -0.457 e. The molecule has 0 N–H and O–H groups in total. The van der Waals surface area contributed by atoms with Crippen LogP contribution in [0.2, 0.25) is 0 Å². The van der Waals surface area contributed by atoms with Gasteiger partial charge in [-0.05, 0) is 41.3 Å². The standard InChI is InChI=1S/C22H20O4S/c1-16-8-13-20(27(2,24)25)14-21(16)22(23)26-15-17-9-11-19(12-10-17)18-6-4-3-5-7-18/h3-14H,15H2,1-2H3. The van der Waals surface area contributed by atoms with Crippen molar-refractivity contribution in [1.82, 2.24) is 0 Å². The number of hydrogen-bond donors (Lipinski definition) is 0. The SMILES string of the molecule is Cc1ccc(S(C)(=O)=O)cc1C(=O)OCc1ccc(-c2ccccc2)cc1. The average Bonchev–Trinajstić information content (AvgIpc) is 2.66. The Balaban J connectivity index is 1.71. The second-order valence-corrected chi connectivity index (χ2v) is 8.40. The number of aryl methyl sites for hydroxylation is 1. The Labute approximate surface area is 159 Å². The summed E-state index contributed by atoms with van der Waals surface area (Å²) in [5, 5.41) is 0. The Morgan fingerprint density at radius 1 is 0.889 bits per heavy atom. The summed E-state index contributed by atoms with van der Waals surface area (Å²) in [5.41, 5.74) is 4.00. The number of rotatable bonds is 5. The van der Waals surface area contributed by atoms with E-state index < -0.39 is 15.8 Å². The van der Waals surface area contributed by atoms with E-state index in [-0.39, 0.29) is 17.1 Å². The topological polar surface area (TPSA) is 60.4 Å². The lowest BCUT2D eigenvalue weighted by atomic mass is 10.0. The van der Waals surface area contributed by atoms with Crippen molar-refractivity contribution in [2.75, 3.05) is 6.26 Å². The molecule has 0 saturated heterocycles. The third-order valence-corrected chi connectivity index (χ3v) is 5.40. The van der Waals surface area contributed by atoms with Crippen molar-refractivity contribution in [2.45, 2.75) is 18.4 Å². The number of carbonyl (C=O) groups is 1. The van der Waals surface area contributed by atoms with Gasteiger partial charge < -0.3 is 4.74 Å². The molecule has 138 valence electrons. The lowest BCUT2D eigenvalue weighted by Crippen LogP contribution is -2.09. The Hall–Kier alpha value is -2.92. The van der Waals surface area contributed by atoms with Crippen LogP contribution in [0, 0.1) is 6.92 Å². The lowest BCUT2D eigenvalue weighted by molar-refractivity contribution is 0.0471. The van der Waals surface area contributed by atoms with Crippen LogP contribution in [0.1, 0.15) is 21.5 Å². The summed E-state index contributed by atoms with van der Waals surface area (Å²) in [4.78, 5) is 12.5. The number of carbonyl (C=O) groups excluding carboxylic acids is 1. The molecule has 0 aliphatic rings. The van der Waals surface area contributed by atoms with Gasteiger partial charge in [-0.15, -0.1) is 0 Å². The van der Waals surface area contributed by atoms with Crippen LogP contribution in [0.15, 0.2) is 77.7 Å². The van der Waals surface area contributed by atoms with Crippen LogP contribution in [0.25, 0.3) is 11.1 Å². The lowest BCUT2D eigenvalue weighted by Gasteiger charge is -2.09. The summed E-state index contributed by atoms with van der Waals surface area (Å²) in [7, 11) is -3.38. The van der Waals surface area contributed by atoms with Crippen LogP contribution >= 0.6 is 0 Å². The molecule has 0 unspecified atom stereocenters. The van der Waals surface area contributed by atoms with E-state index in [2.05, 4.69) is 0 Å². The molecule has 0 aliphatic heterocycles. The minimum absolute atomic E-state index is 0.104. The molecule has 0 saturated carbocycles. The monoisotopic (exact) mass is 380 g/mol. The highest BCUT2D eigenvalue weighted by atomic mass is 32.2. The molecule has 0 fully saturated rings. The van der Waals surface area contributed by atoms with Gasteiger partial charge in [-0.1, -0.05) is 60.7 Å². The van der Waals surface area contributed by atoms with Crippen molar-refractivity contribution in [1.29, 1.82) is 0 Å². The Kier molecular flexibility index (Phi) is 5.42. The fourth-order valence-electron chi connectivity index (χ4n) is 2.70. The summed E-state index contributed by atoms with van der Waals surface area (Å²) >= 11 is 0. The Morgan fingerprint density at radius 2 is 1.52 bits per heavy atom. The normalized spacial score (nSPS) is 11.2. The molecule has 3 aromatic rings. The average molecular weight is 380 g/mol. The Bertz CT molecular complexity index is 1050. The van der Waals surface area contributed by atoms with E-state index in [1.807, 2.05) is 54.6 Å². The summed E-state index contributed by atoms with van der Waals surface area (Å²) < 4.78 is 28.8. The maximum absolute atomic E-state index is 12.4. The molecule has 0 spiro atoms. The molecule has 0 radical (unpaired) electrons. The summed E-state index contributed by atoms with van der Waals surface area (Å²) in [6.07, 6.45) is 1.11. The number of ether oxygens (including phenoxy) is 1. The zero-order valence-electron chi connectivity index (χ0n) is 15.2. The molecule has 3 rings (SSSR count). The molecular weight excluding hydrogens is 360 g/mol. The highest BCUT2D eigenvalue weighted by Gasteiger charge is 2.15. The van der Waals surface area contributed by atoms with Crippen LogP contribution in [-0.4, -0.2) is 20.6 Å². The van der Waals surface area contributed by atoms with E-state index >= 15 is 0 Å². The molecule has 5 heteroatoms. The molecule has 0 aromatic heterocycles. The predicted molar refractivity (Wildman–Crippen MR) is 105 cm³/mol. The van der Waals surface area contributed by atoms with E-state index in [9.17, 15) is 13.2 Å². The van der Waals surface area contributed by atoms with Crippen molar-refractivity contribution < 1.29 is 17.9 Å². The number of benzene rings is 3. The summed E-state index contributed by atoms with van der Waals surface area (Å²) in [6, 6.07) is 22.3. The number of sulfone groups is 1. The van der Waals surface area contributed by atoms with Gasteiger partial charge in [0.1, 0.15) is 6.61 Å². The first kappa shape index (κ1) is 18.9. The van der Waals surface area contributed by atoms with Crippen molar-refractivity contribution in [3.8, 4) is 11.1 Å². The second-order valence-electron chi connectivity index (χ2n) is 6.39. The van der Waals surface area contributed by atoms with Gasteiger partial charge in [-0.25, -0.2) is 13.2 Å². The maximum Gasteiger partial charge on any atom is 0.338 e. The van der Waals surface area contributed by atoms with E-state index in [0.717, 1.165) is 22.9 Å². The molecule has 27 heavy (non-hydrogen) atoms. The highest BCUT2D eigenvalue weighted by Crippen LogP contribution is 2.20. The fraction of sp³-hybridized carbons (Fsp3) is 0.136. The third kappa shape index (κ3) is 4.63. The van der Waals surface area contributed by atoms with Gasteiger partial charge in [-0.2, -0.15) is 0 Å². The maximum atomic E-state index is 12.4. The van der Waals surface area contributed by atoms with Crippen LogP contribution in [0.4, 0.5) is 0 Å². The first-order valence-corrected chi connectivity index (χ1v) is 10.4. The Morgan fingerprint density at radius 3 is 2.15 bits per heavy atom. The molecule has 0 amide bonds. The van der Waals surface area contributed by atoms with E-state index in [1.54, 1.807) is 13.0 Å². The molecule has 0 bridgehead atoms. The molecule has 0 heterocycles. The fourth-order valence-corrected chi connectivity index (χ4v) is 3.35. The van der Waals surface area contributed by atoms with Gasteiger partial charge in [0.2, 0.25) is 0 Å². The van der Waals surface area contributed by atoms with Crippen molar-refractivity contribution in [2.24, 2.45) is 0 Å². The third-order valence-electron chi connectivity index (χ3n) is 4.29. The molecule has 0 atom stereocenters. The first-order valence-electron chi connectivity index (χ1n) is 8.47. The van der Waals surface area contributed by atoms with Gasteiger partial charge in [-0.3, -0.25) is 0 Å². The van der Waals surface area contributed by atoms with E-state index in [1.165, 1.54) is 12.1 Å². The largest absolute Gasteiger partial charge is 0.457 e. The van der Waals surface area contributed by atoms with Crippen LogP contribution in [0.5, 0.6) is 0 Å². The van der Waals surface area contributed by atoms with Crippen molar-refractivity contribution in [3.63, 3.8) is 0 Å². The van der Waals surface area contributed by atoms with E-state index in [4.69, 9.17) is 4.74 Å². The second kappa shape index (κ2) is 7.76. The summed E-state index contributed by atoms with van der Waals surface area (Å²) in [6.45, 7) is 1.87. The minimum atomic E-state index is -3.38. The van der Waals surface area contributed by atoms with Crippen molar-refractivity contribution >= 4 is 15.8 Å². The zero-order valence-corrected chi connectivity index (χ0v) is 16.0. The zero-order chi connectivity index (χ0) is 19.4. The molecule has 0 aliphatic carbocycles. The molecular formula is C22H20O4S. The molecule has 3 aromatic carbocycles. The first-order chi connectivity index (χ1) is 12.8. The highest BCUT2D eigenvalue weighted by molar-refractivity contribution is 7.90. The predicted octanol–water partition coefficient (Wildman–Crippen LogP) is 4.42. The smallest absolute Gasteiger partial charge is 0.338 e. The van der Waals surface area contributed by atoms with Crippen LogP contribution < -0.4 is 0 Å². The van der Waals surface area contributed by atoms with Crippen LogP contribution in [-0.2, 0) is 21.2 Å². The van der Waals surface area contributed by atoms with Gasteiger partial charge in [0.15, 0.2) is 9.84 Å². The van der Waals surface area contributed by atoms with Gasteiger partial charge in [0.25, 0.3) is 0 Å². The summed E-state index contributed by atoms with van der Waals surface area (Å²) in [5.74, 6) is -0.537. The van der Waals surface area contributed by atoms with Gasteiger partial charge >= 0.3 is 5.97 Å². The van der Waals surface area contributed by atoms with Gasteiger partial charge in [0.05, 0.1) is 10.5 Å². The van der Waals surface area contributed by atoms with Crippen LogP contribution in [0.3, 0.4) is 0 Å². The molecule has 4 nitrogen and oxygen atoms in total. The number of hydrogen-bond acceptors (Lipinski definition) is 4. The quantitative estimate of drug-likeness (QED) is 0.615.